The molecule has 0 radical (unpaired) electrons. The van der Waals surface area contributed by atoms with Crippen molar-refractivity contribution in [2.75, 3.05) is 11.9 Å². The highest BCUT2D eigenvalue weighted by atomic mass is 16.1. The number of nitrogens with one attached hydrogen (secondary N) is 2. The Kier molecular flexibility index (Phi) is 6.50. The zero-order chi connectivity index (χ0) is 17.5. The number of pyridine rings is 1. The molecule has 2 rings (SSSR count). The quantitative estimate of drug-likeness (QED) is 0.818. The van der Waals surface area contributed by atoms with Gasteiger partial charge in [-0.15, -0.1) is 0 Å². The Bertz CT molecular complexity index is 660. The standard InChI is InChI=1S/C20H27N3O/c1-14-10-15(2)20(16(3)11-14)23-19(24)7-9-22-17(4)12-18-6-5-8-21-13-18/h5-6,8,10-11,13,17,22H,7,9,12H2,1-4H3,(H,23,24). The van der Waals surface area contributed by atoms with E-state index in [2.05, 4.69) is 47.7 Å². The first-order valence-electron chi connectivity index (χ1n) is 8.45. The van der Waals surface area contributed by atoms with Gasteiger partial charge >= 0.3 is 0 Å². The summed E-state index contributed by atoms with van der Waals surface area (Å²) < 4.78 is 0. The summed E-state index contributed by atoms with van der Waals surface area (Å²) >= 11 is 0. The number of benzene rings is 1. The summed E-state index contributed by atoms with van der Waals surface area (Å²) in [6.07, 6.45) is 5.03. The van der Waals surface area contributed by atoms with E-state index in [4.69, 9.17) is 0 Å². The Morgan fingerprint density at radius 2 is 1.92 bits per heavy atom. The Hall–Kier alpha value is -2.20. The molecule has 1 atom stereocenters. The van der Waals surface area contributed by atoms with Crippen molar-refractivity contribution in [3.63, 3.8) is 0 Å². The van der Waals surface area contributed by atoms with Crippen molar-refractivity contribution in [3.8, 4) is 0 Å². The molecule has 0 saturated heterocycles. The largest absolute Gasteiger partial charge is 0.326 e. The molecule has 128 valence electrons. The van der Waals surface area contributed by atoms with E-state index in [1.165, 1.54) is 11.1 Å². The first-order valence-corrected chi connectivity index (χ1v) is 8.45. The maximum atomic E-state index is 12.2. The van der Waals surface area contributed by atoms with Gasteiger partial charge in [0.25, 0.3) is 0 Å². The Balaban J connectivity index is 1.77. The van der Waals surface area contributed by atoms with E-state index in [0.717, 1.165) is 23.2 Å². The minimum Gasteiger partial charge on any atom is -0.326 e. The Morgan fingerprint density at radius 3 is 2.54 bits per heavy atom. The van der Waals surface area contributed by atoms with E-state index in [9.17, 15) is 4.79 Å². The lowest BCUT2D eigenvalue weighted by Crippen LogP contribution is -2.31. The molecule has 0 aliphatic rings. The van der Waals surface area contributed by atoms with E-state index >= 15 is 0 Å². The number of amides is 1. The molecule has 1 aromatic carbocycles. The smallest absolute Gasteiger partial charge is 0.225 e. The predicted octanol–water partition coefficient (Wildman–Crippen LogP) is 3.56. The highest BCUT2D eigenvalue weighted by Gasteiger charge is 2.09. The topological polar surface area (TPSA) is 54.0 Å². The third-order valence-corrected chi connectivity index (χ3v) is 4.05. The van der Waals surface area contributed by atoms with E-state index in [1.54, 1.807) is 6.20 Å². The lowest BCUT2D eigenvalue weighted by molar-refractivity contribution is -0.116. The van der Waals surface area contributed by atoms with Crippen LogP contribution in [0.1, 0.15) is 35.6 Å². The number of aromatic nitrogens is 1. The first kappa shape index (κ1) is 18.1. The zero-order valence-electron chi connectivity index (χ0n) is 15.0. The second-order valence-corrected chi connectivity index (χ2v) is 6.49. The fourth-order valence-corrected chi connectivity index (χ4v) is 2.96. The number of rotatable bonds is 7. The summed E-state index contributed by atoms with van der Waals surface area (Å²) in [6, 6.07) is 8.51. The molecule has 1 aromatic heterocycles. The molecule has 4 heteroatoms. The molecule has 1 heterocycles. The van der Waals surface area contributed by atoms with Crippen LogP contribution in [0.5, 0.6) is 0 Å². The minimum atomic E-state index is 0.0473. The van der Waals surface area contributed by atoms with Crippen molar-refractivity contribution in [1.29, 1.82) is 0 Å². The van der Waals surface area contributed by atoms with Gasteiger partial charge in [-0.2, -0.15) is 0 Å². The predicted molar refractivity (Wildman–Crippen MR) is 99.3 cm³/mol. The minimum absolute atomic E-state index is 0.0473. The summed E-state index contributed by atoms with van der Waals surface area (Å²) in [6.45, 7) is 8.92. The average molecular weight is 325 g/mol. The summed E-state index contributed by atoms with van der Waals surface area (Å²) in [4.78, 5) is 16.3. The van der Waals surface area contributed by atoms with Crippen molar-refractivity contribution in [3.05, 3.63) is 58.9 Å². The third kappa shape index (κ3) is 5.46. The molecule has 1 amide bonds. The number of carbonyl (C=O) groups is 1. The van der Waals surface area contributed by atoms with Gasteiger partial charge in [0.05, 0.1) is 0 Å². The first-order chi connectivity index (χ1) is 11.5. The second-order valence-electron chi connectivity index (χ2n) is 6.49. The fourth-order valence-electron chi connectivity index (χ4n) is 2.96. The van der Waals surface area contributed by atoms with Gasteiger partial charge in [0.1, 0.15) is 0 Å². The summed E-state index contributed by atoms with van der Waals surface area (Å²) in [5.74, 6) is 0.0473. The van der Waals surface area contributed by atoms with Gasteiger partial charge in [-0.1, -0.05) is 23.8 Å². The van der Waals surface area contributed by atoms with E-state index in [1.807, 2.05) is 26.1 Å². The summed E-state index contributed by atoms with van der Waals surface area (Å²) in [5, 5.41) is 6.44. The van der Waals surface area contributed by atoms with Crippen LogP contribution in [0.4, 0.5) is 5.69 Å². The van der Waals surface area contributed by atoms with Gasteiger partial charge in [0.15, 0.2) is 0 Å². The SMILES string of the molecule is Cc1cc(C)c(NC(=O)CCNC(C)Cc2cccnc2)c(C)c1. The van der Waals surface area contributed by atoms with E-state index < -0.39 is 0 Å². The number of anilines is 1. The molecular formula is C20H27N3O. The van der Waals surface area contributed by atoms with Crippen LogP contribution in [0.15, 0.2) is 36.7 Å². The van der Waals surface area contributed by atoms with Gasteiger partial charge in [0, 0.05) is 37.1 Å². The van der Waals surface area contributed by atoms with Crippen molar-refractivity contribution < 1.29 is 4.79 Å². The molecule has 2 aromatic rings. The second kappa shape index (κ2) is 8.60. The number of hydrogen-bond donors (Lipinski definition) is 2. The normalized spacial score (nSPS) is 12.0. The number of hydrogen-bond acceptors (Lipinski definition) is 3. The summed E-state index contributed by atoms with van der Waals surface area (Å²) in [7, 11) is 0. The van der Waals surface area contributed by atoms with Crippen molar-refractivity contribution in [1.82, 2.24) is 10.3 Å². The molecular weight excluding hydrogens is 298 g/mol. The monoisotopic (exact) mass is 325 g/mol. The highest BCUT2D eigenvalue weighted by Crippen LogP contribution is 2.21. The Morgan fingerprint density at radius 1 is 1.21 bits per heavy atom. The van der Waals surface area contributed by atoms with Crippen molar-refractivity contribution in [2.45, 2.75) is 46.6 Å². The molecule has 0 spiro atoms. The van der Waals surface area contributed by atoms with Crippen molar-refractivity contribution >= 4 is 11.6 Å². The van der Waals surface area contributed by atoms with Crippen LogP contribution in [0.2, 0.25) is 0 Å². The lowest BCUT2D eigenvalue weighted by atomic mass is 10.0. The molecule has 0 aliphatic carbocycles. The van der Waals surface area contributed by atoms with Gasteiger partial charge in [-0.25, -0.2) is 0 Å². The number of carbonyl (C=O) groups excluding carboxylic acids is 1. The van der Waals surface area contributed by atoms with Crippen LogP contribution >= 0.6 is 0 Å². The van der Waals surface area contributed by atoms with Crippen molar-refractivity contribution in [2.24, 2.45) is 0 Å². The summed E-state index contributed by atoms with van der Waals surface area (Å²) in [5.41, 5.74) is 5.58. The van der Waals surface area contributed by atoms with Crippen LogP contribution < -0.4 is 10.6 Å². The van der Waals surface area contributed by atoms with Gasteiger partial charge < -0.3 is 10.6 Å². The zero-order valence-corrected chi connectivity index (χ0v) is 15.0. The molecule has 4 nitrogen and oxygen atoms in total. The van der Waals surface area contributed by atoms with Crippen LogP contribution in [0.3, 0.4) is 0 Å². The van der Waals surface area contributed by atoms with Crippen LogP contribution in [-0.4, -0.2) is 23.5 Å². The molecule has 0 fully saturated rings. The molecule has 1 unspecified atom stereocenters. The molecule has 0 bridgehead atoms. The van der Waals surface area contributed by atoms with Crippen LogP contribution in [-0.2, 0) is 11.2 Å². The number of aryl methyl sites for hydroxylation is 3. The van der Waals surface area contributed by atoms with Gasteiger partial charge in [-0.3, -0.25) is 9.78 Å². The van der Waals surface area contributed by atoms with Crippen LogP contribution in [0.25, 0.3) is 0 Å². The van der Waals surface area contributed by atoms with Gasteiger partial charge in [-0.05, 0) is 56.9 Å². The average Bonchev–Trinajstić information content (AvgIpc) is 2.52. The molecule has 0 saturated carbocycles. The molecule has 2 N–H and O–H groups in total. The lowest BCUT2D eigenvalue weighted by Gasteiger charge is -2.15. The third-order valence-electron chi connectivity index (χ3n) is 4.05. The Labute approximate surface area is 144 Å². The maximum absolute atomic E-state index is 12.2. The van der Waals surface area contributed by atoms with E-state index in [-0.39, 0.29) is 5.91 Å². The van der Waals surface area contributed by atoms with E-state index in [0.29, 0.717) is 19.0 Å². The van der Waals surface area contributed by atoms with Gasteiger partial charge in [0.2, 0.25) is 5.91 Å². The molecule has 0 aliphatic heterocycles. The number of nitrogens with zero attached hydrogens (tertiary/aromatic N) is 1. The molecule has 24 heavy (non-hydrogen) atoms. The highest BCUT2D eigenvalue weighted by molar-refractivity contribution is 5.92. The van der Waals surface area contributed by atoms with Crippen LogP contribution in [0, 0.1) is 20.8 Å². The fraction of sp³-hybridized carbons (Fsp3) is 0.400. The maximum Gasteiger partial charge on any atom is 0.225 e.